The second-order valence-corrected chi connectivity index (χ2v) is 8.08. The van der Waals surface area contributed by atoms with E-state index in [0.717, 1.165) is 25.9 Å². The second-order valence-electron chi connectivity index (χ2n) is 6.36. The van der Waals surface area contributed by atoms with Crippen LogP contribution in [0, 0.1) is 5.92 Å². The summed E-state index contributed by atoms with van der Waals surface area (Å²) < 4.78 is 29.6. The van der Waals surface area contributed by atoms with Crippen molar-refractivity contribution >= 4 is 10.1 Å². The summed E-state index contributed by atoms with van der Waals surface area (Å²) in [6.07, 6.45) is 9.45. The molecular formula is C15H29NO3S. The first-order valence-electron chi connectivity index (χ1n) is 8.20. The Hall–Kier alpha value is -0.130. The first-order chi connectivity index (χ1) is 9.57. The molecule has 0 aromatic heterocycles. The fourth-order valence-electron chi connectivity index (χ4n) is 3.39. The summed E-state index contributed by atoms with van der Waals surface area (Å²) in [5.74, 6) is 0.567. The van der Waals surface area contributed by atoms with Gasteiger partial charge in [0.15, 0.2) is 0 Å². The summed E-state index contributed by atoms with van der Waals surface area (Å²) in [6, 6.07) is 0. The Balaban J connectivity index is 1.74. The third-order valence-corrected chi connectivity index (χ3v) is 6.00. The molecule has 2 rings (SSSR count). The van der Waals surface area contributed by atoms with Crippen LogP contribution in [0.15, 0.2) is 0 Å². The molecule has 0 N–H and O–H groups in total. The van der Waals surface area contributed by atoms with Gasteiger partial charge in [0.05, 0.1) is 11.9 Å². The molecule has 0 aromatic rings. The van der Waals surface area contributed by atoms with E-state index >= 15 is 0 Å². The van der Waals surface area contributed by atoms with Gasteiger partial charge >= 0.3 is 0 Å². The molecule has 2 fully saturated rings. The summed E-state index contributed by atoms with van der Waals surface area (Å²) in [4.78, 5) is 2.25. The van der Waals surface area contributed by atoms with E-state index in [-0.39, 0.29) is 11.9 Å². The van der Waals surface area contributed by atoms with E-state index in [4.69, 9.17) is 4.18 Å². The van der Waals surface area contributed by atoms with E-state index in [0.29, 0.717) is 12.5 Å². The minimum atomic E-state index is -3.37. The van der Waals surface area contributed by atoms with Crippen molar-refractivity contribution in [3.8, 4) is 0 Å². The Morgan fingerprint density at radius 3 is 2.30 bits per heavy atom. The standard InChI is InChI=1S/C15H29NO3S/c1-14(15-8-4-2-5-9-15)19-20(17,18)13-12-16-10-6-3-7-11-16/h14-15H,2-13H2,1H3. The van der Waals surface area contributed by atoms with Gasteiger partial charge in [0.1, 0.15) is 0 Å². The summed E-state index contributed by atoms with van der Waals surface area (Å²) in [5, 5.41) is 0. The van der Waals surface area contributed by atoms with E-state index in [9.17, 15) is 8.42 Å². The second kappa shape index (κ2) is 7.76. The maximum Gasteiger partial charge on any atom is 0.268 e. The van der Waals surface area contributed by atoms with Gasteiger partial charge in [0.2, 0.25) is 0 Å². The molecule has 1 saturated carbocycles. The monoisotopic (exact) mass is 303 g/mol. The summed E-state index contributed by atoms with van der Waals surface area (Å²) in [7, 11) is -3.37. The van der Waals surface area contributed by atoms with Crippen molar-refractivity contribution in [1.29, 1.82) is 0 Å². The molecular weight excluding hydrogens is 274 g/mol. The SMILES string of the molecule is CC(OS(=O)(=O)CCN1CCCCC1)C1CCCCC1. The minimum absolute atomic E-state index is 0.143. The third kappa shape index (κ3) is 5.34. The number of hydrogen-bond acceptors (Lipinski definition) is 4. The molecule has 0 aromatic carbocycles. The largest absolute Gasteiger partial charge is 0.302 e. The zero-order valence-electron chi connectivity index (χ0n) is 12.7. The molecule has 0 radical (unpaired) electrons. The van der Waals surface area contributed by atoms with Crippen molar-refractivity contribution in [2.45, 2.75) is 64.4 Å². The molecule has 1 aliphatic heterocycles. The molecule has 4 nitrogen and oxygen atoms in total. The van der Waals surface area contributed by atoms with E-state index in [1.807, 2.05) is 6.92 Å². The molecule has 5 heteroatoms. The molecule has 0 bridgehead atoms. The first-order valence-corrected chi connectivity index (χ1v) is 9.78. The van der Waals surface area contributed by atoms with Gasteiger partial charge in [-0.1, -0.05) is 25.7 Å². The Morgan fingerprint density at radius 1 is 1.05 bits per heavy atom. The molecule has 1 unspecified atom stereocenters. The predicted molar refractivity (Wildman–Crippen MR) is 81.2 cm³/mol. The lowest BCUT2D eigenvalue weighted by atomic mass is 9.86. The Morgan fingerprint density at radius 2 is 1.65 bits per heavy atom. The highest BCUT2D eigenvalue weighted by molar-refractivity contribution is 7.86. The minimum Gasteiger partial charge on any atom is -0.302 e. The van der Waals surface area contributed by atoms with Gasteiger partial charge in [0, 0.05) is 6.54 Å². The zero-order valence-corrected chi connectivity index (χ0v) is 13.5. The zero-order chi connectivity index (χ0) is 14.4. The third-order valence-electron chi connectivity index (χ3n) is 4.72. The van der Waals surface area contributed by atoms with Crippen molar-refractivity contribution in [1.82, 2.24) is 4.90 Å². The van der Waals surface area contributed by atoms with Gasteiger partial charge in [-0.25, -0.2) is 0 Å². The van der Waals surface area contributed by atoms with Crippen LogP contribution in [0.5, 0.6) is 0 Å². The molecule has 20 heavy (non-hydrogen) atoms. The maximum absolute atomic E-state index is 12.1. The number of nitrogens with zero attached hydrogens (tertiary/aromatic N) is 1. The van der Waals surface area contributed by atoms with Crippen LogP contribution < -0.4 is 0 Å². The first kappa shape index (κ1) is 16.2. The van der Waals surface area contributed by atoms with Gasteiger partial charge in [-0.05, 0) is 51.6 Å². The van der Waals surface area contributed by atoms with E-state index in [1.54, 1.807) is 0 Å². The molecule has 118 valence electrons. The highest BCUT2D eigenvalue weighted by Crippen LogP contribution is 2.28. The van der Waals surface area contributed by atoms with E-state index in [1.165, 1.54) is 38.5 Å². The van der Waals surface area contributed by atoms with Crippen molar-refractivity contribution in [3.05, 3.63) is 0 Å². The van der Waals surface area contributed by atoms with E-state index < -0.39 is 10.1 Å². The number of likely N-dealkylation sites (tertiary alicyclic amines) is 1. The normalized spacial score (nSPS) is 24.6. The van der Waals surface area contributed by atoms with Crippen molar-refractivity contribution in [3.63, 3.8) is 0 Å². The highest BCUT2D eigenvalue weighted by atomic mass is 32.2. The lowest BCUT2D eigenvalue weighted by Crippen LogP contribution is -2.35. The quantitative estimate of drug-likeness (QED) is 0.708. The smallest absolute Gasteiger partial charge is 0.268 e. The number of piperidine rings is 1. The van der Waals surface area contributed by atoms with Gasteiger partial charge in [-0.15, -0.1) is 0 Å². The van der Waals surface area contributed by atoms with Gasteiger partial charge in [-0.3, -0.25) is 4.18 Å². The van der Waals surface area contributed by atoms with Crippen LogP contribution in [-0.4, -0.2) is 44.8 Å². The van der Waals surface area contributed by atoms with Crippen LogP contribution >= 0.6 is 0 Å². The molecule has 1 saturated heterocycles. The average Bonchev–Trinajstić information content (AvgIpc) is 2.47. The van der Waals surface area contributed by atoms with E-state index in [2.05, 4.69) is 4.90 Å². The fourth-order valence-corrected chi connectivity index (χ4v) is 4.58. The number of hydrogen-bond donors (Lipinski definition) is 0. The molecule has 1 aliphatic carbocycles. The Labute approximate surface area is 124 Å². The highest BCUT2D eigenvalue weighted by Gasteiger charge is 2.26. The van der Waals surface area contributed by atoms with Crippen LogP contribution in [0.4, 0.5) is 0 Å². The van der Waals surface area contributed by atoms with Gasteiger partial charge < -0.3 is 4.90 Å². The summed E-state index contributed by atoms with van der Waals surface area (Å²) >= 11 is 0. The van der Waals surface area contributed by atoms with Crippen LogP contribution in [0.25, 0.3) is 0 Å². The predicted octanol–water partition coefficient (Wildman–Crippen LogP) is 2.79. The molecule has 0 amide bonds. The lowest BCUT2D eigenvalue weighted by molar-refractivity contribution is 0.128. The van der Waals surface area contributed by atoms with Crippen molar-refractivity contribution in [2.24, 2.45) is 5.92 Å². The van der Waals surface area contributed by atoms with Gasteiger partial charge in [-0.2, -0.15) is 8.42 Å². The molecule has 0 spiro atoms. The fraction of sp³-hybridized carbons (Fsp3) is 1.00. The maximum atomic E-state index is 12.1. The van der Waals surface area contributed by atoms with Gasteiger partial charge in [0.25, 0.3) is 10.1 Å². The lowest BCUT2D eigenvalue weighted by Gasteiger charge is -2.28. The summed E-state index contributed by atoms with van der Waals surface area (Å²) in [6.45, 7) is 4.62. The van der Waals surface area contributed by atoms with Crippen LogP contribution in [0.3, 0.4) is 0 Å². The number of rotatable bonds is 6. The molecule has 2 aliphatic rings. The molecule has 1 atom stereocenters. The molecule has 1 heterocycles. The van der Waals surface area contributed by atoms with Crippen molar-refractivity contribution < 1.29 is 12.6 Å². The van der Waals surface area contributed by atoms with Crippen LogP contribution in [0.2, 0.25) is 0 Å². The van der Waals surface area contributed by atoms with Crippen LogP contribution in [-0.2, 0) is 14.3 Å². The van der Waals surface area contributed by atoms with Crippen LogP contribution in [0.1, 0.15) is 58.3 Å². The topological polar surface area (TPSA) is 46.6 Å². The van der Waals surface area contributed by atoms with Crippen molar-refractivity contribution in [2.75, 3.05) is 25.4 Å². The Bertz CT molecular complexity index is 371. The summed E-state index contributed by atoms with van der Waals surface area (Å²) in [5.41, 5.74) is 0. The Kier molecular flexibility index (Phi) is 6.30. The average molecular weight is 303 g/mol.